The molecule has 1 saturated heterocycles. The maximum Gasteiger partial charge on any atom is 0.244 e. The average Bonchev–Trinajstić information content (AvgIpc) is 2.48. The van der Waals surface area contributed by atoms with Crippen molar-refractivity contribution in [1.82, 2.24) is 10.2 Å². The van der Waals surface area contributed by atoms with Gasteiger partial charge in [0.15, 0.2) is 0 Å². The Morgan fingerprint density at radius 2 is 2.10 bits per heavy atom. The van der Waals surface area contributed by atoms with Gasteiger partial charge in [-0.2, -0.15) is 0 Å². The molecule has 0 spiro atoms. The third kappa shape index (κ3) is 3.52. The fraction of sp³-hybridized carbons (Fsp3) is 0.429. The highest BCUT2D eigenvalue weighted by Crippen LogP contribution is 2.13. The standard InChI is InChI=1S/C14H18N2O3S/c1-15-14(18)12-9-19-7-6-16(12)13(17)8-10-2-4-11(20)5-3-10/h2-5,12,20H,6-9H2,1H3,(H,15,18). The number of hydrogen-bond donors (Lipinski definition) is 2. The molecule has 2 amide bonds. The van der Waals surface area contributed by atoms with Gasteiger partial charge in [-0.25, -0.2) is 0 Å². The number of nitrogens with zero attached hydrogens (tertiary/aromatic N) is 1. The van der Waals surface area contributed by atoms with Crippen LogP contribution in [0.15, 0.2) is 29.2 Å². The van der Waals surface area contributed by atoms with E-state index in [1.54, 1.807) is 11.9 Å². The summed E-state index contributed by atoms with van der Waals surface area (Å²) in [5, 5.41) is 2.57. The zero-order valence-electron chi connectivity index (χ0n) is 11.3. The molecular weight excluding hydrogens is 276 g/mol. The van der Waals surface area contributed by atoms with Crippen molar-refractivity contribution in [2.24, 2.45) is 0 Å². The molecule has 6 heteroatoms. The van der Waals surface area contributed by atoms with Crippen LogP contribution >= 0.6 is 12.6 Å². The number of hydrogen-bond acceptors (Lipinski definition) is 4. The molecule has 1 aromatic carbocycles. The first-order valence-electron chi connectivity index (χ1n) is 6.48. The van der Waals surface area contributed by atoms with E-state index < -0.39 is 6.04 Å². The van der Waals surface area contributed by atoms with Gasteiger partial charge in [-0.3, -0.25) is 9.59 Å². The molecule has 1 N–H and O–H groups in total. The molecule has 1 aliphatic rings. The molecule has 0 aromatic heterocycles. The summed E-state index contributed by atoms with van der Waals surface area (Å²) in [6, 6.07) is 6.90. The van der Waals surface area contributed by atoms with Gasteiger partial charge in [0.1, 0.15) is 6.04 Å². The van der Waals surface area contributed by atoms with Gasteiger partial charge >= 0.3 is 0 Å². The van der Waals surface area contributed by atoms with Gasteiger partial charge in [-0.15, -0.1) is 12.6 Å². The third-order valence-corrected chi connectivity index (χ3v) is 3.59. The lowest BCUT2D eigenvalue weighted by Gasteiger charge is -2.34. The second-order valence-corrected chi connectivity index (χ2v) is 5.15. The number of morpholine rings is 1. The average molecular weight is 294 g/mol. The maximum atomic E-state index is 12.4. The SMILES string of the molecule is CNC(=O)C1COCCN1C(=O)Cc1ccc(S)cc1. The molecule has 0 bridgehead atoms. The van der Waals surface area contributed by atoms with E-state index in [9.17, 15) is 9.59 Å². The van der Waals surface area contributed by atoms with E-state index >= 15 is 0 Å². The number of likely N-dealkylation sites (N-methyl/N-ethyl adjacent to an activating group) is 1. The number of nitrogens with one attached hydrogen (secondary N) is 1. The van der Waals surface area contributed by atoms with E-state index in [1.807, 2.05) is 24.3 Å². The minimum Gasteiger partial charge on any atom is -0.377 e. The molecule has 1 unspecified atom stereocenters. The maximum absolute atomic E-state index is 12.4. The van der Waals surface area contributed by atoms with Crippen molar-refractivity contribution >= 4 is 24.4 Å². The van der Waals surface area contributed by atoms with Crippen molar-refractivity contribution < 1.29 is 14.3 Å². The first-order valence-corrected chi connectivity index (χ1v) is 6.93. The van der Waals surface area contributed by atoms with Gasteiger partial charge in [0.05, 0.1) is 19.6 Å². The number of amides is 2. The number of ether oxygens (including phenoxy) is 1. The topological polar surface area (TPSA) is 58.6 Å². The predicted octanol–water partition coefficient (Wildman–Crippen LogP) is 0.491. The van der Waals surface area contributed by atoms with Crippen molar-refractivity contribution in [3.8, 4) is 0 Å². The first-order chi connectivity index (χ1) is 9.61. The van der Waals surface area contributed by atoms with Crippen LogP contribution < -0.4 is 5.32 Å². The Hall–Kier alpha value is -1.53. The molecule has 1 aromatic rings. The molecule has 0 radical (unpaired) electrons. The Morgan fingerprint density at radius 1 is 1.40 bits per heavy atom. The summed E-state index contributed by atoms with van der Waals surface area (Å²) >= 11 is 4.21. The second kappa shape index (κ2) is 6.76. The molecule has 2 rings (SSSR count). The fourth-order valence-electron chi connectivity index (χ4n) is 2.18. The molecule has 1 heterocycles. The Morgan fingerprint density at radius 3 is 2.75 bits per heavy atom. The zero-order valence-corrected chi connectivity index (χ0v) is 12.2. The van der Waals surface area contributed by atoms with Gasteiger partial charge in [-0.05, 0) is 17.7 Å². The lowest BCUT2D eigenvalue weighted by atomic mass is 10.1. The smallest absolute Gasteiger partial charge is 0.244 e. The van der Waals surface area contributed by atoms with E-state index in [0.717, 1.165) is 10.5 Å². The minimum absolute atomic E-state index is 0.0613. The summed E-state index contributed by atoms with van der Waals surface area (Å²) in [5.41, 5.74) is 0.912. The summed E-state index contributed by atoms with van der Waals surface area (Å²) in [7, 11) is 1.56. The van der Waals surface area contributed by atoms with Gasteiger partial charge < -0.3 is 15.0 Å². The summed E-state index contributed by atoms with van der Waals surface area (Å²) in [6.45, 7) is 1.16. The first kappa shape index (κ1) is 14.9. The van der Waals surface area contributed by atoms with Crippen molar-refractivity contribution in [3.63, 3.8) is 0 Å². The van der Waals surface area contributed by atoms with E-state index in [4.69, 9.17) is 4.74 Å². The Kier molecular flexibility index (Phi) is 5.03. The summed E-state index contributed by atoms with van der Waals surface area (Å²) in [6.07, 6.45) is 0.279. The van der Waals surface area contributed by atoms with Gasteiger partial charge in [0.2, 0.25) is 11.8 Å². The van der Waals surface area contributed by atoms with E-state index in [2.05, 4.69) is 17.9 Å². The Labute approximate surface area is 123 Å². The predicted molar refractivity (Wildman–Crippen MR) is 77.8 cm³/mol. The van der Waals surface area contributed by atoms with Crippen LogP contribution in [0.25, 0.3) is 0 Å². The van der Waals surface area contributed by atoms with E-state index in [0.29, 0.717) is 13.2 Å². The van der Waals surface area contributed by atoms with Crippen LogP contribution in [-0.2, 0) is 20.7 Å². The summed E-state index contributed by atoms with van der Waals surface area (Å²) in [4.78, 5) is 26.6. The quantitative estimate of drug-likeness (QED) is 0.798. The molecule has 1 atom stereocenters. The normalized spacial score (nSPS) is 18.7. The van der Waals surface area contributed by atoms with Crippen LogP contribution in [-0.4, -0.2) is 49.6 Å². The van der Waals surface area contributed by atoms with E-state index in [-0.39, 0.29) is 24.8 Å². The summed E-state index contributed by atoms with van der Waals surface area (Å²) < 4.78 is 5.29. The molecule has 0 saturated carbocycles. The molecular formula is C14H18N2O3S. The van der Waals surface area contributed by atoms with Crippen molar-refractivity contribution in [2.75, 3.05) is 26.8 Å². The molecule has 5 nitrogen and oxygen atoms in total. The number of carbonyl (C=O) groups excluding carboxylic acids is 2. The number of benzene rings is 1. The van der Waals surface area contributed by atoms with Crippen LogP contribution in [0.5, 0.6) is 0 Å². The Balaban J connectivity index is 2.05. The third-order valence-electron chi connectivity index (χ3n) is 3.29. The van der Waals surface area contributed by atoms with Crippen LogP contribution in [0.4, 0.5) is 0 Å². The molecule has 0 aliphatic carbocycles. The van der Waals surface area contributed by atoms with Crippen LogP contribution in [0.3, 0.4) is 0 Å². The van der Waals surface area contributed by atoms with Crippen LogP contribution in [0, 0.1) is 0 Å². The van der Waals surface area contributed by atoms with Crippen molar-refractivity contribution in [3.05, 3.63) is 29.8 Å². The van der Waals surface area contributed by atoms with E-state index in [1.165, 1.54) is 0 Å². The largest absolute Gasteiger partial charge is 0.377 e. The molecule has 20 heavy (non-hydrogen) atoms. The second-order valence-electron chi connectivity index (χ2n) is 4.64. The monoisotopic (exact) mass is 294 g/mol. The number of rotatable bonds is 3. The van der Waals surface area contributed by atoms with Crippen molar-refractivity contribution in [1.29, 1.82) is 0 Å². The molecule has 108 valence electrons. The molecule has 1 aliphatic heterocycles. The lowest BCUT2D eigenvalue weighted by molar-refractivity contribution is -0.147. The highest BCUT2D eigenvalue weighted by Gasteiger charge is 2.31. The lowest BCUT2D eigenvalue weighted by Crippen LogP contribution is -2.55. The fourth-order valence-corrected chi connectivity index (χ4v) is 2.33. The minimum atomic E-state index is -0.537. The van der Waals surface area contributed by atoms with Crippen LogP contribution in [0.2, 0.25) is 0 Å². The Bertz CT molecular complexity index is 490. The highest BCUT2D eigenvalue weighted by atomic mass is 32.1. The van der Waals surface area contributed by atoms with Crippen molar-refractivity contribution in [2.45, 2.75) is 17.4 Å². The zero-order chi connectivity index (χ0) is 14.5. The number of thiol groups is 1. The van der Waals surface area contributed by atoms with Gasteiger partial charge in [0.25, 0.3) is 0 Å². The highest BCUT2D eigenvalue weighted by molar-refractivity contribution is 7.80. The van der Waals surface area contributed by atoms with Gasteiger partial charge in [-0.1, -0.05) is 12.1 Å². The van der Waals surface area contributed by atoms with Crippen LogP contribution in [0.1, 0.15) is 5.56 Å². The van der Waals surface area contributed by atoms with Gasteiger partial charge in [0, 0.05) is 18.5 Å². The summed E-state index contributed by atoms with van der Waals surface area (Å²) in [5.74, 6) is -0.252. The molecule has 1 fully saturated rings. The number of carbonyl (C=O) groups is 2.